The van der Waals surface area contributed by atoms with Gasteiger partial charge in [-0.05, 0) is 42.9 Å². The molecule has 19 heavy (non-hydrogen) atoms. The molecule has 4 heteroatoms. The molecule has 0 heterocycles. The van der Waals surface area contributed by atoms with E-state index in [2.05, 4.69) is 12.2 Å². The minimum Gasteiger partial charge on any atom is -0.507 e. The van der Waals surface area contributed by atoms with E-state index in [1.807, 2.05) is 0 Å². The molecule has 2 N–H and O–H groups in total. The number of phenols is 1. The molecule has 1 aromatic rings. The Bertz CT molecular complexity index is 453. The molecule has 1 saturated carbocycles. The van der Waals surface area contributed by atoms with Crippen molar-refractivity contribution in [2.75, 3.05) is 6.54 Å². The summed E-state index contributed by atoms with van der Waals surface area (Å²) in [6.07, 6.45) is 4.83. The third-order valence-electron chi connectivity index (χ3n) is 3.89. The predicted molar refractivity (Wildman–Crippen MR) is 76.6 cm³/mol. The van der Waals surface area contributed by atoms with Gasteiger partial charge in [-0.3, -0.25) is 4.79 Å². The molecule has 2 rings (SSSR count). The Kier molecular flexibility index (Phi) is 4.70. The highest BCUT2D eigenvalue weighted by molar-refractivity contribution is 6.30. The van der Waals surface area contributed by atoms with E-state index >= 15 is 0 Å². The maximum absolute atomic E-state index is 12.0. The molecule has 0 aliphatic heterocycles. The van der Waals surface area contributed by atoms with Gasteiger partial charge in [0.15, 0.2) is 0 Å². The number of hydrogen-bond donors (Lipinski definition) is 2. The molecular weight excluding hydrogens is 262 g/mol. The second kappa shape index (κ2) is 6.29. The molecule has 0 bridgehead atoms. The Balaban J connectivity index is 1.87. The number of rotatable bonds is 3. The summed E-state index contributed by atoms with van der Waals surface area (Å²) in [5.41, 5.74) is 0.286. The van der Waals surface area contributed by atoms with Crippen molar-refractivity contribution < 1.29 is 9.90 Å². The van der Waals surface area contributed by atoms with E-state index in [0.717, 1.165) is 5.92 Å². The summed E-state index contributed by atoms with van der Waals surface area (Å²) in [5.74, 6) is 1.08. The summed E-state index contributed by atoms with van der Waals surface area (Å²) in [6.45, 7) is 2.97. The van der Waals surface area contributed by atoms with E-state index in [1.165, 1.54) is 31.7 Å². The van der Waals surface area contributed by atoms with Crippen LogP contribution in [0.25, 0.3) is 0 Å². The first-order valence-corrected chi connectivity index (χ1v) is 7.20. The first kappa shape index (κ1) is 14.2. The van der Waals surface area contributed by atoms with Crippen LogP contribution in [0.3, 0.4) is 0 Å². The van der Waals surface area contributed by atoms with Crippen molar-refractivity contribution in [3.8, 4) is 5.75 Å². The lowest BCUT2D eigenvalue weighted by Gasteiger charge is -2.26. The van der Waals surface area contributed by atoms with Crippen LogP contribution in [0.1, 0.15) is 43.0 Å². The minimum absolute atomic E-state index is 0.0673. The van der Waals surface area contributed by atoms with E-state index in [0.29, 0.717) is 17.5 Å². The largest absolute Gasteiger partial charge is 0.507 e. The molecule has 0 saturated heterocycles. The first-order chi connectivity index (χ1) is 9.06. The van der Waals surface area contributed by atoms with Crippen LogP contribution in [0.2, 0.25) is 5.02 Å². The van der Waals surface area contributed by atoms with Crippen LogP contribution < -0.4 is 5.32 Å². The van der Waals surface area contributed by atoms with Crippen LogP contribution >= 0.6 is 11.6 Å². The van der Waals surface area contributed by atoms with Crippen LogP contribution in [-0.4, -0.2) is 17.6 Å². The van der Waals surface area contributed by atoms with Gasteiger partial charge in [0.1, 0.15) is 5.75 Å². The lowest BCUT2D eigenvalue weighted by atomic mass is 9.83. The topological polar surface area (TPSA) is 49.3 Å². The van der Waals surface area contributed by atoms with Gasteiger partial charge < -0.3 is 10.4 Å². The second-order valence-electron chi connectivity index (χ2n) is 5.50. The number of aromatic hydroxyl groups is 1. The van der Waals surface area contributed by atoms with Crippen LogP contribution in [0.15, 0.2) is 18.2 Å². The fourth-order valence-electron chi connectivity index (χ4n) is 2.56. The lowest BCUT2D eigenvalue weighted by Crippen LogP contribution is -2.31. The zero-order valence-corrected chi connectivity index (χ0v) is 11.9. The monoisotopic (exact) mass is 281 g/mol. The summed E-state index contributed by atoms with van der Waals surface area (Å²) in [4.78, 5) is 12.0. The molecule has 104 valence electrons. The summed E-state index contributed by atoms with van der Waals surface area (Å²) >= 11 is 5.74. The van der Waals surface area contributed by atoms with Crippen molar-refractivity contribution in [3.63, 3.8) is 0 Å². The summed E-state index contributed by atoms with van der Waals surface area (Å²) in [7, 11) is 0. The van der Waals surface area contributed by atoms with Gasteiger partial charge in [-0.2, -0.15) is 0 Å². The molecule has 1 amide bonds. The Morgan fingerprint density at radius 1 is 1.37 bits per heavy atom. The first-order valence-electron chi connectivity index (χ1n) is 6.83. The lowest BCUT2D eigenvalue weighted by molar-refractivity contribution is 0.0939. The number of benzene rings is 1. The zero-order valence-electron chi connectivity index (χ0n) is 11.2. The van der Waals surface area contributed by atoms with Gasteiger partial charge in [0.05, 0.1) is 5.56 Å². The van der Waals surface area contributed by atoms with Crippen molar-refractivity contribution in [1.29, 1.82) is 0 Å². The van der Waals surface area contributed by atoms with Gasteiger partial charge in [0.2, 0.25) is 0 Å². The van der Waals surface area contributed by atoms with Crippen molar-refractivity contribution in [3.05, 3.63) is 28.8 Å². The quantitative estimate of drug-likeness (QED) is 0.889. The average molecular weight is 282 g/mol. The smallest absolute Gasteiger partial charge is 0.255 e. The fourth-order valence-corrected chi connectivity index (χ4v) is 2.73. The number of hydrogen-bond acceptors (Lipinski definition) is 2. The molecule has 3 nitrogen and oxygen atoms in total. The van der Waals surface area contributed by atoms with Crippen LogP contribution in [-0.2, 0) is 0 Å². The predicted octanol–water partition coefficient (Wildman–Crippen LogP) is 3.60. The molecule has 1 aliphatic rings. The molecule has 0 radical (unpaired) electrons. The third-order valence-corrected chi connectivity index (χ3v) is 4.13. The van der Waals surface area contributed by atoms with Gasteiger partial charge in [0, 0.05) is 11.6 Å². The van der Waals surface area contributed by atoms with Gasteiger partial charge in [-0.15, -0.1) is 0 Å². The second-order valence-corrected chi connectivity index (χ2v) is 5.93. The van der Waals surface area contributed by atoms with E-state index in [1.54, 1.807) is 12.1 Å². The zero-order chi connectivity index (χ0) is 13.8. The summed E-state index contributed by atoms with van der Waals surface area (Å²) in [5, 5.41) is 13.0. The van der Waals surface area contributed by atoms with Crippen molar-refractivity contribution >= 4 is 17.5 Å². The maximum atomic E-state index is 12.0. The van der Waals surface area contributed by atoms with Crippen molar-refractivity contribution in [2.45, 2.75) is 32.6 Å². The minimum atomic E-state index is -0.229. The molecule has 0 aromatic heterocycles. The molecular formula is C15H20ClNO2. The van der Waals surface area contributed by atoms with Gasteiger partial charge in [-0.1, -0.05) is 31.4 Å². The van der Waals surface area contributed by atoms with Crippen LogP contribution in [0.4, 0.5) is 0 Å². The van der Waals surface area contributed by atoms with E-state index in [-0.39, 0.29) is 17.2 Å². The van der Waals surface area contributed by atoms with Crippen LogP contribution in [0, 0.1) is 11.8 Å². The molecule has 1 fully saturated rings. The standard InChI is InChI=1S/C15H20ClNO2/c1-10-2-4-11(5-3-10)9-17-15(19)13-7-6-12(16)8-14(13)18/h6-8,10-11,18H,2-5,9H2,1H3,(H,17,19). The molecule has 1 aromatic carbocycles. The van der Waals surface area contributed by atoms with Crippen molar-refractivity contribution in [1.82, 2.24) is 5.32 Å². The molecule has 1 aliphatic carbocycles. The van der Waals surface area contributed by atoms with Crippen molar-refractivity contribution in [2.24, 2.45) is 11.8 Å². The Hall–Kier alpha value is -1.22. The normalized spacial score (nSPS) is 23.1. The summed E-state index contributed by atoms with van der Waals surface area (Å²) in [6, 6.07) is 4.55. The number of nitrogens with one attached hydrogen (secondary N) is 1. The average Bonchev–Trinajstić information content (AvgIpc) is 2.37. The van der Waals surface area contributed by atoms with Gasteiger partial charge in [0.25, 0.3) is 5.91 Å². The highest BCUT2D eigenvalue weighted by Gasteiger charge is 2.19. The van der Waals surface area contributed by atoms with E-state index in [4.69, 9.17) is 11.6 Å². The third kappa shape index (κ3) is 3.87. The number of halogens is 1. The SMILES string of the molecule is CC1CCC(CNC(=O)c2ccc(Cl)cc2O)CC1. The Labute approximate surface area is 119 Å². The van der Waals surface area contributed by atoms with Crippen LogP contribution in [0.5, 0.6) is 5.75 Å². The molecule has 0 unspecified atom stereocenters. The van der Waals surface area contributed by atoms with Gasteiger partial charge >= 0.3 is 0 Å². The fraction of sp³-hybridized carbons (Fsp3) is 0.533. The van der Waals surface area contributed by atoms with E-state index in [9.17, 15) is 9.90 Å². The number of carbonyl (C=O) groups is 1. The molecule has 0 atom stereocenters. The number of phenolic OH excluding ortho intramolecular Hbond substituents is 1. The molecule has 0 spiro atoms. The highest BCUT2D eigenvalue weighted by atomic mass is 35.5. The maximum Gasteiger partial charge on any atom is 0.255 e. The Morgan fingerprint density at radius 2 is 2.05 bits per heavy atom. The Morgan fingerprint density at radius 3 is 2.68 bits per heavy atom. The van der Waals surface area contributed by atoms with Gasteiger partial charge in [-0.25, -0.2) is 0 Å². The number of amides is 1. The number of carbonyl (C=O) groups excluding carboxylic acids is 1. The highest BCUT2D eigenvalue weighted by Crippen LogP contribution is 2.28. The van der Waals surface area contributed by atoms with E-state index < -0.39 is 0 Å². The summed E-state index contributed by atoms with van der Waals surface area (Å²) < 4.78 is 0.